The summed E-state index contributed by atoms with van der Waals surface area (Å²) in [7, 11) is 3.82. The van der Waals surface area contributed by atoms with E-state index < -0.39 is 5.82 Å². The van der Waals surface area contributed by atoms with Crippen LogP contribution in [0.4, 0.5) is 14.5 Å². The van der Waals surface area contributed by atoms with Crippen molar-refractivity contribution in [2.24, 2.45) is 0 Å². The molecule has 7 nitrogen and oxygen atoms in total. The fraction of sp³-hybridized carbons (Fsp3) is 0.0769. The molecule has 0 spiro atoms. The number of pyridine rings is 2. The molecule has 4 aromatic heterocycles. The van der Waals surface area contributed by atoms with E-state index in [0.717, 1.165) is 11.3 Å². The lowest BCUT2D eigenvalue weighted by Gasteiger charge is -2.13. The molecule has 0 radical (unpaired) electrons. The van der Waals surface area contributed by atoms with Crippen LogP contribution < -0.4 is 4.90 Å². The van der Waals surface area contributed by atoms with Crippen LogP contribution in [0.15, 0.2) is 67.1 Å². The van der Waals surface area contributed by atoms with E-state index in [2.05, 4.69) is 25.1 Å². The molecule has 0 aliphatic carbocycles. The number of fused-ring (bicyclic) bond motifs is 2. The Morgan fingerprint density at radius 3 is 2.49 bits per heavy atom. The lowest BCUT2D eigenvalue weighted by molar-refractivity contribution is 0.628. The molecule has 6 aromatic rings. The predicted molar refractivity (Wildman–Crippen MR) is 132 cm³/mol. The summed E-state index contributed by atoms with van der Waals surface area (Å²) >= 11 is 0. The van der Waals surface area contributed by atoms with Crippen LogP contribution in [0, 0.1) is 11.6 Å². The number of benzene rings is 2. The van der Waals surface area contributed by atoms with Crippen molar-refractivity contribution in [2.75, 3.05) is 19.0 Å². The minimum atomic E-state index is -0.415. The van der Waals surface area contributed by atoms with Crippen molar-refractivity contribution in [1.82, 2.24) is 30.1 Å². The first-order valence-corrected chi connectivity index (χ1v) is 10.9. The lowest BCUT2D eigenvalue weighted by Crippen LogP contribution is -2.08. The summed E-state index contributed by atoms with van der Waals surface area (Å²) in [5.74, 6) is -0.343. The summed E-state index contributed by atoms with van der Waals surface area (Å²) in [4.78, 5) is 18.6. The van der Waals surface area contributed by atoms with Crippen LogP contribution in [0.25, 0.3) is 55.8 Å². The maximum Gasteiger partial charge on any atom is 0.159 e. The van der Waals surface area contributed by atoms with Crippen LogP contribution in [-0.2, 0) is 0 Å². The first kappa shape index (κ1) is 20.9. The topological polar surface area (TPSA) is 86.4 Å². The summed E-state index contributed by atoms with van der Waals surface area (Å²) in [6.45, 7) is 0. The van der Waals surface area contributed by atoms with Gasteiger partial charge in [0.15, 0.2) is 5.82 Å². The molecule has 0 fully saturated rings. The number of aromatic nitrogens is 6. The van der Waals surface area contributed by atoms with E-state index in [1.165, 1.54) is 12.1 Å². The van der Waals surface area contributed by atoms with Gasteiger partial charge in [0.25, 0.3) is 0 Å². The van der Waals surface area contributed by atoms with Crippen molar-refractivity contribution >= 4 is 27.6 Å². The smallest absolute Gasteiger partial charge is 0.159 e. The Kier molecular flexibility index (Phi) is 4.77. The zero-order valence-corrected chi connectivity index (χ0v) is 18.8. The molecule has 0 unspecified atom stereocenters. The first-order chi connectivity index (χ1) is 17.0. The van der Waals surface area contributed by atoms with E-state index in [9.17, 15) is 4.39 Å². The summed E-state index contributed by atoms with van der Waals surface area (Å²) in [5.41, 5.74) is 5.48. The monoisotopic (exact) mass is 467 g/mol. The van der Waals surface area contributed by atoms with Crippen LogP contribution in [0.2, 0.25) is 0 Å². The SMILES string of the molecule is CN(C)c1cncc(-c2ccc3[nH]nc(-c4nc5c(-c6ccc(F)cc6)nccc5[nH]4)c3c2F)c1. The molecular formula is C26H19F2N7. The molecule has 2 aromatic carbocycles. The Balaban J connectivity index is 1.51. The fourth-order valence-corrected chi connectivity index (χ4v) is 4.15. The largest absolute Gasteiger partial charge is 0.376 e. The number of hydrogen-bond donors (Lipinski definition) is 2. The Morgan fingerprint density at radius 2 is 1.69 bits per heavy atom. The number of imidazole rings is 1. The maximum atomic E-state index is 15.9. The zero-order chi connectivity index (χ0) is 24.1. The van der Waals surface area contributed by atoms with Crippen molar-refractivity contribution in [3.8, 4) is 33.9 Å². The second-order valence-electron chi connectivity index (χ2n) is 8.40. The maximum absolute atomic E-state index is 15.9. The predicted octanol–water partition coefficient (Wildman–Crippen LogP) is 5.57. The van der Waals surface area contributed by atoms with E-state index in [-0.39, 0.29) is 5.82 Å². The van der Waals surface area contributed by atoms with Gasteiger partial charge in [-0.3, -0.25) is 15.1 Å². The zero-order valence-electron chi connectivity index (χ0n) is 18.8. The highest BCUT2D eigenvalue weighted by molar-refractivity contribution is 5.98. The lowest BCUT2D eigenvalue weighted by atomic mass is 10.0. The Bertz CT molecular complexity index is 1700. The van der Waals surface area contributed by atoms with Gasteiger partial charge >= 0.3 is 0 Å². The summed E-state index contributed by atoms with van der Waals surface area (Å²) in [5, 5.41) is 7.59. The van der Waals surface area contributed by atoms with Crippen molar-refractivity contribution in [3.05, 3.63) is 78.8 Å². The van der Waals surface area contributed by atoms with Gasteiger partial charge in [0, 0.05) is 43.2 Å². The van der Waals surface area contributed by atoms with Gasteiger partial charge in [-0.2, -0.15) is 5.10 Å². The van der Waals surface area contributed by atoms with Crippen molar-refractivity contribution in [2.45, 2.75) is 0 Å². The van der Waals surface area contributed by atoms with Crippen molar-refractivity contribution < 1.29 is 8.78 Å². The Hall–Kier alpha value is -4.66. The van der Waals surface area contributed by atoms with E-state index >= 15 is 4.39 Å². The Morgan fingerprint density at radius 1 is 0.857 bits per heavy atom. The molecule has 0 atom stereocenters. The number of H-pyrrole nitrogens is 2. The highest BCUT2D eigenvalue weighted by Crippen LogP contribution is 2.35. The number of aromatic amines is 2. The molecule has 2 N–H and O–H groups in total. The molecular weight excluding hydrogens is 448 g/mol. The van der Waals surface area contributed by atoms with Crippen LogP contribution in [0.1, 0.15) is 0 Å². The van der Waals surface area contributed by atoms with Gasteiger partial charge in [-0.05, 0) is 48.5 Å². The van der Waals surface area contributed by atoms with Gasteiger partial charge in [0.05, 0.1) is 34.0 Å². The van der Waals surface area contributed by atoms with Gasteiger partial charge in [0.2, 0.25) is 0 Å². The molecule has 0 aliphatic rings. The molecule has 0 amide bonds. The van der Waals surface area contributed by atoms with E-state index in [1.54, 1.807) is 48.9 Å². The van der Waals surface area contributed by atoms with E-state index in [1.807, 2.05) is 25.1 Å². The third-order valence-electron chi connectivity index (χ3n) is 5.96. The number of halogens is 2. The van der Waals surface area contributed by atoms with Gasteiger partial charge in [-0.25, -0.2) is 13.8 Å². The van der Waals surface area contributed by atoms with Crippen LogP contribution in [0.5, 0.6) is 0 Å². The molecule has 4 heterocycles. The van der Waals surface area contributed by atoms with E-state index in [4.69, 9.17) is 4.98 Å². The minimum Gasteiger partial charge on any atom is -0.376 e. The summed E-state index contributed by atoms with van der Waals surface area (Å²) in [6, 6.07) is 13.2. The van der Waals surface area contributed by atoms with Crippen molar-refractivity contribution in [3.63, 3.8) is 0 Å². The summed E-state index contributed by atoms with van der Waals surface area (Å²) in [6.07, 6.45) is 5.01. The first-order valence-electron chi connectivity index (χ1n) is 10.9. The molecule has 0 saturated heterocycles. The van der Waals surface area contributed by atoms with Gasteiger partial charge < -0.3 is 9.88 Å². The van der Waals surface area contributed by atoms with Gasteiger partial charge in [-0.15, -0.1) is 0 Å². The third-order valence-corrected chi connectivity index (χ3v) is 5.96. The minimum absolute atomic E-state index is 0.327. The number of anilines is 1. The highest BCUT2D eigenvalue weighted by atomic mass is 19.1. The quantitative estimate of drug-likeness (QED) is 0.354. The van der Waals surface area contributed by atoms with Gasteiger partial charge in [0.1, 0.15) is 22.8 Å². The average molecular weight is 467 g/mol. The van der Waals surface area contributed by atoms with Crippen LogP contribution >= 0.6 is 0 Å². The second kappa shape index (κ2) is 7.98. The number of rotatable bonds is 4. The fourth-order valence-electron chi connectivity index (χ4n) is 4.15. The van der Waals surface area contributed by atoms with Gasteiger partial charge in [-0.1, -0.05) is 0 Å². The highest BCUT2D eigenvalue weighted by Gasteiger charge is 2.20. The van der Waals surface area contributed by atoms with Crippen molar-refractivity contribution in [1.29, 1.82) is 0 Å². The molecule has 35 heavy (non-hydrogen) atoms. The van der Waals surface area contributed by atoms with Crippen LogP contribution in [0.3, 0.4) is 0 Å². The molecule has 172 valence electrons. The molecule has 9 heteroatoms. The summed E-state index contributed by atoms with van der Waals surface area (Å²) < 4.78 is 29.3. The number of nitrogens with zero attached hydrogens (tertiary/aromatic N) is 5. The Labute approximate surface area is 198 Å². The number of nitrogens with one attached hydrogen (secondary N) is 2. The molecule has 6 rings (SSSR count). The third kappa shape index (κ3) is 3.48. The van der Waals surface area contributed by atoms with Crippen LogP contribution in [-0.4, -0.2) is 44.2 Å². The molecule has 0 aliphatic heterocycles. The second-order valence-corrected chi connectivity index (χ2v) is 8.40. The normalized spacial score (nSPS) is 11.4. The number of hydrogen-bond acceptors (Lipinski definition) is 5. The molecule has 0 bridgehead atoms. The average Bonchev–Trinajstić information content (AvgIpc) is 3.49. The van der Waals surface area contributed by atoms with E-state index in [0.29, 0.717) is 50.3 Å². The standard InChI is InChI=1S/C26H19F2N7/c1-35(2)17-11-15(12-29-13-17)18-7-8-19-21(22(18)28)25(34-33-19)26-31-20-9-10-30-23(24(20)32-26)14-3-5-16(27)6-4-14/h3-13H,1-2H3,(H,31,32)(H,33,34). The molecule has 0 saturated carbocycles.